The summed E-state index contributed by atoms with van der Waals surface area (Å²) in [6.45, 7) is 1.96. The maximum absolute atomic E-state index is 13.6. The predicted octanol–water partition coefficient (Wildman–Crippen LogP) is 4.77. The number of fused-ring (bicyclic) bond motifs is 1. The van der Waals surface area contributed by atoms with Gasteiger partial charge < -0.3 is 4.90 Å². The van der Waals surface area contributed by atoms with Crippen molar-refractivity contribution in [2.75, 3.05) is 29.0 Å². The Morgan fingerprint density at radius 1 is 0.818 bits per heavy atom. The van der Waals surface area contributed by atoms with Crippen LogP contribution in [0.1, 0.15) is 17.2 Å². The number of benzene rings is 3. The summed E-state index contributed by atoms with van der Waals surface area (Å²) >= 11 is 6.08. The molecule has 0 aliphatic carbocycles. The number of amides is 2. The fourth-order valence-electron chi connectivity index (χ4n) is 4.48. The van der Waals surface area contributed by atoms with Gasteiger partial charge in [-0.15, -0.1) is 0 Å². The average Bonchev–Trinajstić information content (AvgIpc) is 3.31. The fraction of sp³-hybridized carbons (Fsp3) is 0.231. The average molecular weight is 462 g/mol. The van der Waals surface area contributed by atoms with E-state index in [1.807, 2.05) is 74.4 Å². The monoisotopic (exact) mass is 461 g/mol. The lowest BCUT2D eigenvalue weighted by atomic mass is 9.90. The Morgan fingerprint density at radius 2 is 1.42 bits per heavy atom. The van der Waals surface area contributed by atoms with E-state index in [9.17, 15) is 9.59 Å². The van der Waals surface area contributed by atoms with Crippen LogP contribution in [-0.2, 0) is 14.4 Å². The minimum absolute atomic E-state index is 0.257. The molecule has 168 valence electrons. The van der Waals surface area contributed by atoms with Gasteiger partial charge in [-0.05, 0) is 61.0 Å². The van der Waals surface area contributed by atoms with E-state index in [0.717, 1.165) is 22.5 Å². The van der Waals surface area contributed by atoms with E-state index in [-0.39, 0.29) is 11.8 Å². The Balaban J connectivity index is 1.57. The molecule has 5 rings (SSSR count). The van der Waals surface area contributed by atoms with E-state index in [1.165, 1.54) is 4.90 Å². The van der Waals surface area contributed by atoms with Crippen molar-refractivity contribution in [3.8, 4) is 0 Å². The van der Waals surface area contributed by atoms with Crippen LogP contribution in [0.3, 0.4) is 0 Å². The lowest BCUT2D eigenvalue weighted by Crippen LogP contribution is -2.37. The van der Waals surface area contributed by atoms with Crippen LogP contribution in [0.25, 0.3) is 0 Å². The van der Waals surface area contributed by atoms with Crippen molar-refractivity contribution in [1.82, 2.24) is 0 Å². The normalized spacial score (nSPS) is 22.1. The number of imide groups is 1. The summed E-state index contributed by atoms with van der Waals surface area (Å²) in [6.07, 6.45) is -0.895. The third-order valence-electron chi connectivity index (χ3n) is 6.24. The molecule has 0 saturated carbocycles. The van der Waals surface area contributed by atoms with Gasteiger partial charge in [0.2, 0.25) is 5.91 Å². The molecule has 2 saturated heterocycles. The summed E-state index contributed by atoms with van der Waals surface area (Å²) in [5, 5.41) is 2.28. The Labute approximate surface area is 197 Å². The number of carbonyl (C=O) groups excluding carboxylic acids is 2. The minimum Gasteiger partial charge on any atom is -0.378 e. The van der Waals surface area contributed by atoms with E-state index in [0.29, 0.717) is 10.7 Å². The molecule has 7 heteroatoms. The standard InChI is InChI=1S/C26H24ClN3O3/c1-16-4-10-20(11-5-16)29-25(31)22-23(17-6-12-19(13-7-17)28(2)3)30(33-24(22)26(29)32)21-14-8-18(27)9-15-21/h4-15,22-24H,1-3H3/t22-,23-,24+/m0/s1. The van der Waals surface area contributed by atoms with Crippen LogP contribution in [-0.4, -0.2) is 32.0 Å². The van der Waals surface area contributed by atoms with Gasteiger partial charge in [-0.25, -0.2) is 9.96 Å². The van der Waals surface area contributed by atoms with Gasteiger partial charge in [0.15, 0.2) is 6.10 Å². The molecule has 3 aromatic rings. The number of anilines is 3. The van der Waals surface area contributed by atoms with E-state index in [2.05, 4.69) is 0 Å². The molecule has 2 heterocycles. The van der Waals surface area contributed by atoms with Crippen LogP contribution < -0.4 is 14.9 Å². The van der Waals surface area contributed by atoms with Gasteiger partial charge in [-0.3, -0.25) is 14.4 Å². The second-order valence-electron chi connectivity index (χ2n) is 8.63. The van der Waals surface area contributed by atoms with Crippen molar-refractivity contribution in [3.05, 3.63) is 88.9 Å². The van der Waals surface area contributed by atoms with Crippen LogP contribution in [0, 0.1) is 12.8 Å². The molecule has 2 aliphatic rings. The lowest BCUT2D eigenvalue weighted by molar-refractivity contribution is -0.126. The van der Waals surface area contributed by atoms with Gasteiger partial charge in [0.1, 0.15) is 5.92 Å². The van der Waals surface area contributed by atoms with Crippen LogP contribution in [0.4, 0.5) is 17.1 Å². The largest absolute Gasteiger partial charge is 0.378 e. The third kappa shape index (κ3) is 3.65. The first-order valence-corrected chi connectivity index (χ1v) is 11.2. The zero-order valence-electron chi connectivity index (χ0n) is 18.6. The SMILES string of the molecule is Cc1ccc(N2C(=O)[C@@H]3[C@@H](ON(c4ccc(Cl)cc4)[C@H]3c3ccc(N(C)C)cc3)C2=O)cc1. The first-order valence-electron chi connectivity index (χ1n) is 10.8. The zero-order chi connectivity index (χ0) is 23.3. The molecule has 2 fully saturated rings. The van der Waals surface area contributed by atoms with Gasteiger partial charge in [0.05, 0.1) is 17.4 Å². The molecule has 0 unspecified atom stereocenters. The van der Waals surface area contributed by atoms with E-state index in [1.54, 1.807) is 29.3 Å². The second kappa shape index (κ2) is 8.21. The molecule has 0 spiro atoms. The second-order valence-corrected chi connectivity index (χ2v) is 9.07. The van der Waals surface area contributed by atoms with Gasteiger partial charge in [0, 0.05) is 24.8 Å². The van der Waals surface area contributed by atoms with Gasteiger partial charge in [-0.2, -0.15) is 0 Å². The molecular weight excluding hydrogens is 438 g/mol. The van der Waals surface area contributed by atoms with Crippen molar-refractivity contribution in [2.45, 2.75) is 19.1 Å². The quantitative estimate of drug-likeness (QED) is 0.524. The Bertz CT molecular complexity index is 1190. The molecule has 0 bridgehead atoms. The molecule has 33 heavy (non-hydrogen) atoms. The van der Waals surface area contributed by atoms with E-state index < -0.39 is 18.1 Å². The molecule has 3 atom stereocenters. The third-order valence-corrected chi connectivity index (χ3v) is 6.49. The Hall–Kier alpha value is -3.35. The Kier molecular flexibility index (Phi) is 5.35. The first-order chi connectivity index (χ1) is 15.8. The minimum atomic E-state index is -0.895. The number of nitrogens with zero attached hydrogens (tertiary/aromatic N) is 3. The van der Waals surface area contributed by atoms with Crippen LogP contribution >= 0.6 is 11.6 Å². The molecule has 0 N–H and O–H groups in total. The molecule has 6 nitrogen and oxygen atoms in total. The number of halogens is 1. The molecular formula is C26H24ClN3O3. The van der Waals surface area contributed by atoms with Crippen molar-refractivity contribution in [2.24, 2.45) is 5.92 Å². The van der Waals surface area contributed by atoms with Crippen molar-refractivity contribution in [3.63, 3.8) is 0 Å². The van der Waals surface area contributed by atoms with Gasteiger partial charge in [-0.1, -0.05) is 41.4 Å². The highest BCUT2D eigenvalue weighted by atomic mass is 35.5. The Morgan fingerprint density at radius 3 is 2.03 bits per heavy atom. The van der Waals surface area contributed by atoms with Crippen molar-refractivity contribution >= 4 is 40.5 Å². The van der Waals surface area contributed by atoms with Crippen LogP contribution in [0.2, 0.25) is 5.02 Å². The summed E-state index contributed by atoms with van der Waals surface area (Å²) in [7, 11) is 3.95. The first kappa shape index (κ1) is 21.5. The van der Waals surface area contributed by atoms with Gasteiger partial charge in [0.25, 0.3) is 5.91 Å². The molecule has 2 aliphatic heterocycles. The van der Waals surface area contributed by atoms with Crippen molar-refractivity contribution < 1.29 is 14.4 Å². The van der Waals surface area contributed by atoms with Gasteiger partial charge >= 0.3 is 0 Å². The number of carbonyl (C=O) groups is 2. The lowest BCUT2D eigenvalue weighted by Gasteiger charge is -2.29. The summed E-state index contributed by atoms with van der Waals surface area (Å²) in [5.74, 6) is -1.27. The van der Waals surface area contributed by atoms with Crippen molar-refractivity contribution in [1.29, 1.82) is 0 Å². The zero-order valence-corrected chi connectivity index (χ0v) is 19.4. The maximum Gasteiger partial charge on any atom is 0.266 e. The number of hydroxylamine groups is 1. The summed E-state index contributed by atoms with van der Waals surface area (Å²) in [4.78, 5) is 36.5. The summed E-state index contributed by atoms with van der Waals surface area (Å²) in [6, 6.07) is 22.1. The highest BCUT2D eigenvalue weighted by Crippen LogP contribution is 2.47. The molecule has 0 aromatic heterocycles. The van der Waals surface area contributed by atoms with Crippen LogP contribution in [0.15, 0.2) is 72.8 Å². The summed E-state index contributed by atoms with van der Waals surface area (Å²) in [5.41, 5.74) is 4.30. The molecule has 3 aromatic carbocycles. The highest BCUT2D eigenvalue weighted by Gasteiger charge is 2.60. The predicted molar refractivity (Wildman–Crippen MR) is 129 cm³/mol. The highest BCUT2D eigenvalue weighted by molar-refractivity contribution is 6.30. The molecule has 2 amide bonds. The smallest absolute Gasteiger partial charge is 0.266 e. The number of rotatable bonds is 4. The summed E-state index contributed by atoms with van der Waals surface area (Å²) < 4.78 is 0. The van der Waals surface area contributed by atoms with E-state index >= 15 is 0 Å². The van der Waals surface area contributed by atoms with Crippen LogP contribution in [0.5, 0.6) is 0 Å². The fourth-order valence-corrected chi connectivity index (χ4v) is 4.61. The number of hydrogen-bond acceptors (Lipinski definition) is 5. The molecule has 0 radical (unpaired) electrons. The maximum atomic E-state index is 13.6. The van der Waals surface area contributed by atoms with E-state index in [4.69, 9.17) is 16.4 Å². The number of aryl methyl sites for hydroxylation is 1. The number of hydrogen-bond donors (Lipinski definition) is 0. The topological polar surface area (TPSA) is 53.1 Å².